The second-order valence-corrected chi connectivity index (χ2v) is 3.95. The van der Waals surface area contributed by atoms with Crippen molar-refractivity contribution in [2.24, 2.45) is 0 Å². The number of benzene rings is 1. The minimum Gasteiger partial charge on any atom is -0.497 e. The van der Waals surface area contributed by atoms with Crippen molar-refractivity contribution >= 4 is 15.9 Å². The predicted octanol–water partition coefficient (Wildman–Crippen LogP) is 4.05. The Balaban J connectivity index is 2.38. The Labute approximate surface area is 105 Å². The van der Waals surface area contributed by atoms with Gasteiger partial charge in [-0.1, -0.05) is 0 Å². The molecule has 2 rings (SSSR count). The summed E-state index contributed by atoms with van der Waals surface area (Å²) in [4.78, 5) is 3.60. The Morgan fingerprint density at radius 3 is 2.41 bits per heavy atom. The van der Waals surface area contributed by atoms with Crippen molar-refractivity contribution < 1.29 is 17.9 Å². The highest BCUT2D eigenvalue weighted by Crippen LogP contribution is 2.33. The van der Waals surface area contributed by atoms with E-state index in [-0.39, 0.29) is 10.4 Å². The minimum absolute atomic E-state index is 0.262. The van der Waals surface area contributed by atoms with Crippen LogP contribution in [0.5, 0.6) is 5.75 Å². The summed E-state index contributed by atoms with van der Waals surface area (Å²) >= 11 is 3.09. The molecule has 0 unspecified atom stereocenters. The number of methoxy groups -OCH3 is 1. The van der Waals surface area contributed by atoms with Gasteiger partial charge < -0.3 is 9.15 Å². The van der Waals surface area contributed by atoms with E-state index in [0.29, 0.717) is 11.3 Å². The van der Waals surface area contributed by atoms with Gasteiger partial charge >= 0.3 is 6.43 Å². The number of oxazole rings is 1. The number of hydrogen-bond acceptors (Lipinski definition) is 3. The zero-order valence-electron chi connectivity index (χ0n) is 8.78. The lowest BCUT2D eigenvalue weighted by Crippen LogP contribution is -1.82. The molecule has 0 saturated heterocycles. The first-order valence-electron chi connectivity index (χ1n) is 4.70. The van der Waals surface area contributed by atoms with Crippen LogP contribution >= 0.6 is 15.9 Å². The molecule has 1 aromatic carbocycles. The molecule has 0 fully saturated rings. The molecule has 1 heterocycles. The van der Waals surface area contributed by atoms with Crippen molar-refractivity contribution in [1.29, 1.82) is 0 Å². The number of ether oxygens (including phenoxy) is 1. The highest BCUT2D eigenvalue weighted by Gasteiger charge is 2.19. The maximum Gasteiger partial charge on any atom is 0.313 e. The van der Waals surface area contributed by atoms with Crippen molar-refractivity contribution in [3.05, 3.63) is 34.8 Å². The molecule has 0 aliphatic heterocycles. The van der Waals surface area contributed by atoms with Crippen molar-refractivity contribution in [1.82, 2.24) is 4.98 Å². The summed E-state index contributed by atoms with van der Waals surface area (Å²) in [6.07, 6.45) is -2.72. The Hall–Kier alpha value is -1.43. The molecule has 0 saturated carbocycles. The van der Waals surface area contributed by atoms with E-state index < -0.39 is 12.3 Å². The van der Waals surface area contributed by atoms with Crippen LogP contribution in [-0.2, 0) is 0 Å². The molecule has 0 aliphatic carbocycles. The summed E-state index contributed by atoms with van der Waals surface area (Å²) in [5.74, 6) is 0.365. The zero-order valence-corrected chi connectivity index (χ0v) is 10.4. The van der Waals surface area contributed by atoms with E-state index in [4.69, 9.17) is 9.15 Å². The molecule has 90 valence electrons. The molecular formula is C11H8BrF2NO2. The quantitative estimate of drug-likeness (QED) is 0.858. The highest BCUT2D eigenvalue weighted by molar-refractivity contribution is 9.10. The Bertz CT molecular complexity index is 511. The SMILES string of the molecule is COc1ccc(-c2oc(C(F)F)nc2Br)cc1. The van der Waals surface area contributed by atoms with Crippen LogP contribution in [0.25, 0.3) is 11.3 Å². The van der Waals surface area contributed by atoms with Gasteiger partial charge in [0.2, 0.25) is 0 Å². The van der Waals surface area contributed by atoms with Crippen LogP contribution < -0.4 is 4.74 Å². The average Bonchev–Trinajstić information content (AvgIpc) is 2.72. The van der Waals surface area contributed by atoms with Crippen LogP contribution in [-0.4, -0.2) is 12.1 Å². The monoisotopic (exact) mass is 303 g/mol. The van der Waals surface area contributed by atoms with E-state index in [1.165, 1.54) is 0 Å². The smallest absolute Gasteiger partial charge is 0.313 e. The van der Waals surface area contributed by atoms with Gasteiger partial charge in [0, 0.05) is 5.56 Å². The Morgan fingerprint density at radius 1 is 1.29 bits per heavy atom. The fraction of sp³-hybridized carbons (Fsp3) is 0.182. The molecule has 0 amide bonds. The van der Waals surface area contributed by atoms with Gasteiger partial charge in [0.15, 0.2) is 10.4 Å². The minimum atomic E-state index is -2.72. The summed E-state index contributed by atoms with van der Waals surface area (Å²) in [5.41, 5.74) is 0.650. The molecule has 0 atom stereocenters. The third kappa shape index (κ3) is 2.46. The fourth-order valence-electron chi connectivity index (χ4n) is 1.33. The molecule has 0 aliphatic rings. The van der Waals surface area contributed by atoms with Crippen LogP contribution in [0.2, 0.25) is 0 Å². The molecule has 1 aromatic heterocycles. The van der Waals surface area contributed by atoms with Gasteiger partial charge in [0.05, 0.1) is 7.11 Å². The number of hydrogen-bond donors (Lipinski definition) is 0. The number of nitrogens with zero attached hydrogens (tertiary/aromatic N) is 1. The molecule has 17 heavy (non-hydrogen) atoms. The molecule has 0 bridgehead atoms. The summed E-state index contributed by atoms with van der Waals surface area (Å²) in [6, 6.07) is 6.84. The van der Waals surface area contributed by atoms with Crippen LogP contribution in [0.3, 0.4) is 0 Å². The van der Waals surface area contributed by atoms with E-state index in [1.807, 2.05) is 0 Å². The maximum atomic E-state index is 12.4. The highest BCUT2D eigenvalue weighted by atomic mass is 79.9. The van der Waals surface area contributed by atoms with E-state index >= 15 is 0 Å². The van der Waals surface area contributed by atoms with Crippen LogP contribution in [0.1, 0.15) is 12.3 Å². The largest absolute Gasteiger partial charge is 0.497 e. The predicted molar refractivity (Wildman–Crippen MR) is 61.1 cm³/mol. The van der Waals surface area contributed by atoms with Crippen LogP contribution in [0.4, 0.5) is 8.78 Å². The zero-order chi connectivity index (χ0) is 12.4. The first kappa shape index (κ1) is 12.0. The summed E-state index contributed by atoms with van der Waals surface area (Å²) in [6.45, 7) is 0. The van der Waals surface area contributed by atoms with Crippen LogP contribution in [0.15, 0.2) is 33.3 Å². The summed E-state index contributed by atoms with van der Waals surface area (Å²) in [5, 5.41) is 0. The van der Waals surface area contributed by atoms with Crippen molar-refractivity contribution in [2.45, 2.75) is 6.43 Å². The maximum absolute atomic E-state index is 12.4. The number of rotatable bonds is 3. The molecule has 0 spiro atoms. The number of alkyl halides is 2. The lowest BCUT2D eigenvalue weighted by molar-refractivity contribution is 0.116. The average molecular weight is 304 g/mol. The van der Waals surface area contributed by atoms with E-state index in [2.05, 4.69) is 20.9 Å². The van der Waals surface area contributed by atoms with Crippen molar-refractivity contribution in [3.63, 3.8) is 0 Å². The van der Waals surface area contributed by atoms with Crippen LogP contribution in [0, 0.1) is 0 Å². The topological polar surface area (TPSA) is 35.3 Å². The Morgan fingerprint density at radius 2 is 1.94 bits per heavy atom. The van der Waals surface area contributed by atoms with Gasteiger partial charge in [-0.05, 0) is 40.2 Å². The number of halogens is 3. The fourth-order valence-corrected chi connectivity index (χ4v) is 1.82. The molecular weight excluding hydrogens is 296 g/mol. The lowest BCUT2D eigenvalue weighted by Gasteiger charge is -2.00. The van der Waals surface area contributed by atoms with Gasteiger partial charge in [-0.15, -0.1) is 0 Å². The Kier molecular flexibility index (Phi) is 3.42. The lowest BCUT2D eigenvalue weighted by atomic mass is 10.2. The molecule has 2 aromatic rings. The normalized spacial score (nSPS) is 10.9. The second-order valence-electron chi connectivity index (χ2n) is 3.20. The molecule has 3 nitrogen and oxygen atoms in total. The van der Waals surface area contributed by atoms with E-state index in [0.717, 1.165) is 0 Å². The second kappa shape index (κ2) is 4.83. The van der Waals surface area contributed by atoms with Crippen molar-refractivity contribution in [3.8, 4) is 17.1 Å². The molecule has 6 heteroatoms. The number of aromatic nitrogens is 1. The standard InChI is InChI=1S/C11H8BrF2NO2/c1-16-7-4-2-6(3-5-7)8-9(12)15-11(17-8)10(13)14/h2-5,10H,1H3. The van der Waals surface area contributed by atoms with Gasteiger partial charge in [-0.3, -0.25) is 0 Å². The van der Waals surface area contributed by atoms with Gasteiger partial charge in [0.1, 0.15) is 5.75 Å². The molecule has 0 radical (unpaired) electrons. The first-order valence-corrected chi connectivity index (χ1v) is 5.50. The van der Waals surface area contributed by atoms with Crippen molar-refractivity contribution in [2.75, 3.05) is 7.11 Å². The van der Waals surface area contributed by atoms with Gasteiger partial charge in [0.25, 0.3) is 5.89 Å². The van der Waals surface area contributed by atoms with Gasteiger partial charge in [-0.25, -0.2) is 4.98 Å². The molecule has 0 N–H and O–H groups in total. The summed E-state index contributed by atoms with van der Waals surface area (Å²) in [7, 11) is 1.55. The summed E-state index contributed by atoms with van der Waals surface area (Å²) < 4.78 is 35.0. The third-order valence-electron chi connectivity index (χ3n) is 2.14. The first-order chi connectivity index (χ1) is 8.11. The third-order valence-corrected chi connectivity index (χ3v) is 2.68. The van der Waals surface area contributed by atoms with Gasteiger partial charge in [-0.2, -0.15) is 8.78 Å². The van der Waals surface area contributed by atoms with E-state index in [1.54, 1.807) is 31.4 Å². The van der Waals surface area contributed by atoms with E-state index in [9.17, 15) is 8.78 Å².